The molecule has 1 heterocycles. The fourth-order valence-corrected chi connectivity index (χ4v) is 2.67. The Morgan fingerprint density at radius 2 is 2.00 bits per heavy atom. The second kappa shape index (κ2) is 9.42. The van der Waals surface area contributed by atoms with Crippen LogP contribution in [0.1, 0.15) is 49.9 Å². The quantitative estimate of drug-likeness (QED) is 0.745. The summed E-state index contributed by atoms with van der Waals surface area (Å²) in [6.45, 7) is 7.01. The molecule has 0 atom stereocenters. The Morgan fingerprint density at radius 3 is 2.67 bits per heavy atom. The zero-order valence-electron chi connectivity index (χ0n) is 14.7. The Balaban J connectivity index is 1.76. The first-order valence-corrected chi connectivity index (χ1v) is 8.84. The number of nitrogens with zero attached hydrogens (tertiary/aromatic N) is 1. The summed E-state index contributed by atoms with van der Waals surface area (Å²) in [6, 6.07) is 7.26. The minimum Gasteiger partial charge on any atom is -0.381 e. The lowest BCUT2D eigenvalue weighted by atomic mass is 10.1. The Bertz CT molecular complexity index is 540. The van der Waals surface area contributed by atoms with Gasteiger partial charge in [-0.1, -0.05) is 13.8 Å². The molecule has 132 valence electrons. The molecule has 5 nitrogen and oxygen atoms in total. The van der Waals surface area contributed by atoms with E-state index in [0.29, 0.717) is 31.1 Å². The molecule has 1 aliphatic heterocycles. The number of anilines is 1. The van der Waals surface area contributed by atoms with Crippen LogP contribution in [0, 0.1) is 5.92 Å². The topological polar surface area (TPSA) is 58.6 Å². The summed E-state index contributed by atoms with van der Waals surface area (Å²) in [5, 5.41) is 2.90. The highest BCUT2D eigenvalue weighted by atomic mass is 16.5. The predicted octanol–water partition coefficient (Wildman–Crippen LogP) is 3.00. The molecule has 5 heteroatoms. The van der Waals surface area contributed by atoms with Crippen LogP contribution in [-0.4, -0.2) is 38.1 Å². The molecule has 1 saturated heterocycles. The van der Waals surface area contributed by atoms with Crippen LogP contribution in [0.3, 0.4) is 0 Å². The third-order valence-corrected chi connectivity index (χ3v) is 3.97. The lowest BCUT2D eigenvalue weighted by molar-refractivity contribution is -0.119. The third kappa shape index (κ3) is 5.64. The molecule has 2 rings (SSSR count). The maximum Gasteiger partial charge on any atom is 0.251 e. The lowest BCUT2D eigenvalue weighted by Gasteiger charge is -2.26. The van der Waals surface area contributed by atoms with Crippen LogP contribution in [0.2, 0.25) is 0 Å². The number of carbonyl (C=O) groups excluding carboxylic acids is 2. The van der Waals surface area contributed by atoms with E-state index < -0.39 is 0 Å². The van der Waals surface area contributed by atoms with Crippen molar-refractivity contribution < 1.29 is 14.3 Å². The van der Waals surface area contributed by atoms with Crippen molar-refractivity contribution in [3.05, 3.63) is 29.8 Å². The zero-order chi connectivity index (χ0) is 17.4. The van der Waals surface area contributed by atoms with Gasteiger partial charge in [-0.05, 0) is 49.4 Å². The van der Waals surface area contributed by atoms with E-state index in [4.69, 9.17) is 4.74 Å². The summed E-state index contributed by atoms with van der Waals surface area (Å²) in [5.41, 5.74) is 1.49. The molecule has 0 spiro atoms. The van der Waals surface area contributed by atoms with Crippen molar-refractivity contribution in [1.82, 2.24) is 5.32 Å². The van der Waals surface area contributed by atoms with E-state index in [1.807, 2.05) is 12.1 Å². The lowest BCUT2D eigenvalue weighted by Crippen LogP contribution is -2.35. The minimum atomic E-state index is -0.0876. The highest BCUT2D eigenvalue weighted by molar-refractivity contribution is 5.96. The van der Waals surface area contributed by atoms with Crippen molar-refractivity contribution in [2.45, 2.75) is 39.5 Å². The third-order valence-electron chi connectivity index (χ3n) is 3.97. The SMILES string of the molecule is CC(C)COCCCNC(=O)c1ccc(N2CCCCC2=O)cc1. The number of rotatable bonds is 8. The van der Waals surface area contributed by atoms with Gasteiger partial charge in [-0.3, -0.25) is 9.59 Å². The molecule has 0 saturated carbocycles. The largest absolute Gasteiger partial charge is 0.381 e. The number of ether oxygens (including phenoxy) is 1. The molecule has 0 aromatic heterocycles. The second-order valence-electron chi connectivity index (χ2n) is 6.63. The summed E-state index contributed by atoms with van der Waals surface area (Å²) in [7, 11) is 0. The number of carbonyl (C=O) groups is 2. The summed E-state index contributed by atoms with van der Waals surface area (Å²) in [4.78, 5) is 25.8. The predicted molar refractivity (Wildman–Crippen MR) is 95.3 cm³/mol. The molecule has 0 radical (unpaired) electrons. The monoisotopic (exact) mass is 332 g/mol. The van der Waals surface area contributed by atoms with Crippen LogP contribution in [0.15, 0.2) is 24.3 Å². The van der Waals surface area contributed by atoms with Gasteiger partial charge in [0.25, 0.3) is 5.91 Å². The number of piperidine rings is 1. The molecular formula is C19H28N2O3. The van der Waals surface area contributed by atoms with Crippen molar-refractivity contribution in [2.75, 3.05) is 31.2 Å². The molecule has 24 heavy (non-hydrogen) atoms. The Labute approximate surface area is 144 Å². The van der Waals surface area contributed by atoms with E-state index >= 15 is 0 Å². The van der Waals surface area contributed by atoms with Crippen LogP contribution in [0.25, 0.3) is 0 Å². The zero-order valence-corrected chi connectivity index (χ0v) is 14.7. The Morgan fingerprint density at radius 1 is 1.25 bits per heavy atom. The first-order chi connectivity index (χ1) is 11.6. The van der Waals surface area contributed by atoms with E-state index in [9.17, 15) is 9.59 Å². The Hall–Kier alpha value is -1.88. The van der Waals surface area contributed by atoms with Gasteiger partial charge in [0.05, 0.1) is 0 Å². The first-order valence-electron chi connectivity index (χ1n) is 8.84. The summed E-state index contributed by atoms with van der Waals surface area (Å²) >= 11 is 0. The van der Waals surface area contributed by atoms with Gasteiger partial charge in [0, 0.05) is 44.0 Å². The number of amides is 2. The number of nitrogens with one attached hydrogen (secondary N) is 1. The molecular weight excluding hydrogens is 304 g/mol. The summed E-state index contributed by atoms with van der Waals surface area (Å²) < 4.78 is 5.49. The van der Waals surface area contributed by atoms with Gasteiger partial charge in [0.2, 0.25) is 5.91 Å². The fraction of sp³-hybridized carbons (Fsp3) is 0.579. The Kier molecular flexibility index (Phi) is 7.25. The van der Waals surface area contributed by atoms with Gasteiger partial charge < -0.3 is 15.0 Å². The maximum absolute atomic E-state index is 12.1. The summed E-state index contributed by atoms with van der Waals surface area (Å²) in [5.74, 6) is 0.611. The number of benzene rings is 1. The van der Waals surface area contributed by atoms with Gasteiger partial charge in [-0.25, -0.2) is 0 Å². The van der Waals surface area contributed by atoms with E-state index in [0.717, 1.165) is 38.1 Å². The van der Waals surface area contributed by atoms with Crippen molar-refractivity contribution in [3.8, 4) is 0 Å². The van der Waals surface area contributed by atoms with E-state index in [1.54, 1.807) is 17.0 Å². The van der Waals surface area contributed by atoms with Gasteiger partial charge in [-0.15, -0.1) is 0 Å². The van der Waals surface area contributed by atoms with Crippen molar-refractivity contribution in [2.24, 2.45) is 5.92 Å². The number of hydrogen-bond donors (Lipinski definition) is 1. The second-order valence-corrected chi connectivity index (χ2v) is 6.63. The normalized spacial score (nSPS) is 15.0. The van der Waals surface area contributed by atoms with Crippen molar-refractivity contribution >= 4 is 17.5 Å². The molecule has 0 aliphatic carbocycles. The van der Waals surface area contributed by atoms with E-state index in [2.05, 4.69) is 19.2 Å². The van der Waals surface area contributed by atoms with Crippen LogP contribution < -0.4 is 10.2 Å². The summed E-state index contributed by atoms with van der Waals surface area (Å²) in [6.07, 6.45) is 3.42. The van der Waals surface area contributed by atoms with Crippen LogP contribution in [-0.2, 0) is 9.53 Å². The average molecular weight is 332 g/mol. The maximum atomic E-state index is 12.1. The van der Waals surface area contributed by atoms with E-state index in [1.165, 1.54) is 0 Å². The smallest absolute Gasteiger partial charge is 0.251 e. The van der Waals surface area contributed by atoms with Crippen molar-refractivity contribution in [1.29, 1.82) is 0 Å². The van der Waals surface area contributed by atoms with Gasteiger partial charge >= 0.3 is 0 Å². The first kappa shape index (κ1) is 18.5. The van der Waals surface area contributed by atoms with Gasteiger partial charge in [0.15, 0.2) is 0 Å². The standard InChI is InChI=1S/C19H28N2O3/c1-15(2)14-24-13-5-11-20-19(23)16-7-9-17(10-8-16)21-12-4-3-6-18(21)22/h7-10,15H,3-6,11-14H2,1-2H3,(H,20,23). The molecule has 1 aliphatic rings. The molecule has 1 fully saturated rings. The van der Waals surface area contributed by atoms with Crippen LogP contribution >= 0.6 is 0 Å². The molecule has 1 N–H and O–H groups in total. The highest BCUT2D eigenvalue weighted by Gasteiger charge is 2.19. The van der Waals surface area contributed by atoms with Gasteiger partial charge in [-0.2, -0.15) is 0 Å². The van der Waals surface area contributed by atoms with Crippen molar-refractivity contribution in [3.63, 3.8) is 0 Å². The molecule has 2 amide bonds. The molecule has 1 aromatic rings. The average Bonchev–Trinajstić information content (AvgIpc) is 2.58. The van der Waals surface area contributed by atoms with Gasteiger partial charge in [0.1, 0.15) is 0 Å². The molecule has 0 unspecified atom stereocenters. The van der Waals surface area contributed by atoms with Crippen LogP contribution in [0.5, 0.6) is 0 Å². The fourth-order valence-electron chi connectivity index (χ4n) is 2.67. The molecule has 1 aromatic carbocycles. The van der Waals surface area contributed by atoms with Crippen LogP contribution in [0.4, 0.5) is 5.69 Å². The molecule has 0 bridgehead atoms. The minimum absolute atomic E-state index is 0.0876. The number of hydrogen-bond acceptors (Lipinski definition) is 3. The highest BCUT2D eigenvalue weighted by Crippen LogP contribution is 2.21. The van der Waals surface area contributed by atoms with E-state index in [-0.39, 0.29) is 11.8 Å².